The van der Waals surface area contributed by atoms with Crippen molar-refractivity contribution in [1.29, 1.82) is 0 Å². The molecule has 0 radical (unpaired) electrons. The molecule has 1 saturated carbocycles. The van der Waals surface area contributed by atoms with E-state index in [2.05, 4.69) is 15.3 Å². The van der Waals surface area contributed by atoms with Crippen LogP contribution in [0.3, 0.4) is 0 Å². The number of carbonyl (C=O) groups excluding carboxylic acids is 3. The summed E-state index contributed by atoms with van der Waals surface area (Å²) in [5.41, 5.74) is 1.18. The number of hydrogen-bond acceptors (Lipinski definition) is 6. The summed E-state index contributed by atoms with van der Waals surface area (Å²) in [5, 5.41) is 5.07. The zero-order valence-corrected chi connectivity index (χ0v) is 19.3. The number of rotatable bonds is 7. The van der Waals surface area contributed by atoms with E-state index < -0.39 is 11.9 Å². The van der Waals surface area contributed by atoms with Crippen LogP contribution < -0.4 is 10.2 Å². The maximum atomic E-state index is 13.7. The van der Waals surface area contributed by atoms with Crippen LogP contribution in [0.4, 0.5) is 5.69 Å². The fraction of sp³-hybridized carbons (Fsp3) is 0.320. The first-order valence-corrected chi connectivity index (χ1v) is 12.0. The van der Waals surface area contributed by atoms with E-state index in [1.54, 1.807) is 24.3 Å². The van der Waals surface area contributed by atoms with Gasteiger partial charge in [0.2, 0.25) is 5.91 Å². The summed E-state index contributed by atoms with van der Waals surface area (Å²) in [6.45, 7) is 1.49. The highest BCUT2D eigenvalue weighted by Gasteiger charge is 2.35. The summed E-state index contributed by atoms with van der Waals surface area (Å²) in [7, 11) is 0. The van der Waals surface area contributed by atoms with Crippen LogP contribution in [0.1, 0.15) is 70.8 Å². The summed E-state index contributed by atoms with van der Waals surface area (Å²) >= 11 is 1.42. The normalized spacial score (nSPS) is 14.9. The zero-order chi connectivity index (χ0) is 23.2. The van der Waals surface area contributed by atoms with Gasteiger partial charge in [-0.25, -0.2) is 4.98 Å². The predicted molar refractivity (Wildman–Crippen MR) is 127 cm³/mol. The van der Waals surface area contributed by atoms with E-state index in [9.17, 15) is 14.4 Å². The van der Waals surface area contributed by atoms with Crippen molar-refractivity contribution in [1.82, 2.24) is 15.3 Å². The Balaban J connectivity index is 1.76. The average molecular weight is 463 g/mol. The molecule has 0 spiro atoms. The number of nitrogens with zero attached hydrogens (tertiary/aromatic N) is 3. The van der Waals surface area contributed by atoms with E-state index in [1.165, 1.54) is 48.2 Å². The Hall–Kier alpha value is -3.39. The lowest BCUT2D eigenvalue weighted by molar-refractivity contribution is -0.123. The molecule has 0 aliphatic heterocycles. The fourth-order valence-corrected chi connectivity index (χ4v) is 4.93. The predicted octanol–water partition coefficient (Wildman–Crippen LogP) is 4.58. The van der Waals surface area contributed by atoms with Crippen molar-refractivity contribution in [3.63, 3.8) is 0 Å². The molecule has 1 N–H and O–H groups in total. The molecule has 0 bridgehead atoms. The lowest BCUT2D eigenvalue weighted by Crippen LogP contribution is -2.47. The number of carbonyl (C=O) groups is 3. The molecule has 170 valence electrons. The fourth-order valence-electron chi connectivity index (χ4n) is 4.12. The average Bonchev–Trinajstić information content (AvgIpc) is 3.37. The van der Waals surface area contributed by atoms with Crippen LogP contribution in [-0.4, -0.2) is 33.6 Å². The van der Waals surface area contributed by atoms with E-state index in [0.717, 1.165) is 30.6 Å². The van der Waals surface area contributed by atoms with Crippen molar-refractivity contribution in [2.45, 2.75) is 51.1 Å². The minimum absolute atomic E-state index is 0.0711. The molecule has 33 heavy (non-hydrogen) atoms. The highest BCUT2D eigenvalue weighted by molar-refractivity contribution is 7.10. The zero-order valence-electron chi connectivity index (χ0n) is 18.4. The van der Waals surface area contributed by atoms with Gasteiger partial charge >= 0.3 is 0 Å². The molecule has 1 fully saturated rings. The number of amides is 2. The topological polar surface area (TPSA) is 92.3 Å². The smallest absolute Gasteiger partial charge is 0.279 e. The van der Waals surface area contributed by atoms with Crippen LogP contribution in [0.2, 0.25) is 0 Å². The molecule has 0 unspecified atom stereocenters. The highest BCUT2D eigenvalue weighted by atomic mass is 32.1. The van der Waals surface area contributed by atoms with E-state index in [-0.39, 0.29) is 23.4 Å². The molecule has 1 aliphatic carbocycles. The number of hydrogen-bond donors (Lipinski definition) is 1. The molecular weight excluding hydrogens is 436 g/mol. The van der Waals surface area contributed by atoms with Crippen molar-refractivity contribution < 1.29 is 14.4 Å². The Labute approximate surface area is 196 Å². The summed E-state index contributed by atoms with van der Waals surface area (Å²) in [5.74, 6) is -0.730. The Morgan fingerprint density at radius 3 is 2.42 bits per heavy atom. The minimum Gasteiger partial charge on any atom is -0.351 e. The molecule has 1 atom stereocenters. The quantitative estimate of drug-likeness (QED) is 0.519. The molecule has 2 amide bonds. The van der Waals surface area contributed by atoms with Gasteiger partial charge in [0.05, 0.1) is 6.20 Å². The SMILES string of the molecule is CC(=O)c1ccc(N(C(=O)c2cnccn2)[C@@H](C(=O)NC2CCCCC2)c2cccs2)cc1. The van der Waals surface area contributed by atoms with Gasteiger partial charge in [-0.05, 0) is 55.5 Å². The van der Waals surface area contributed by atoms with E-state index in [1.807, 2.05) is 17.5 Å². The molecule has 8 heteroatoms. The molecule has 3 aromatic rings. The molecule has 1 aliphatic rings. The maximum absolute atomic E-state index is 13.7. The lowest BCUT2D eigenvalue weighted by Gasteiger charge is -2.32. The number of ketones is 1. The molecule has 2 heterocycles. The number of aromatic nitrogens is 2. The molecule has 1 aromatic carbocycles. The number of anilines is 1. The third-order valence-corrected chi connectivity index (χ3v) is 6.75. The van der Waals surface area contributed by atoms with E-state index in [4.69, 9.17) is 0 Å². The summed E-state index contributed by atoms with van der Waals surface area (Å²) in [6.07, 6.45) is 9.57. The van der Waals surface area contributed by atoms with Gasteiger partial charge in [0.1, 0.15) is 5.69 Å². The lowest BCUT2D eigenvalue weighted by atomic mass is 9.95. The number of Topliss-reactive ketones (excluding diaryl/α,β-unsaturated/α-hetero) is 1. The second-order valence-corrected chi connectivity index (χ2v) is 9.11. The summed E-state index contributed by atoms with van der Waals surface area (Å²) < 4.78 is 0. The second-order valence-electron chi connectivity index (χ2n) is 8.13. The van der Waals surface area contributed by atoms with Crippen LogP contribution in [0, 0.1) is 0 Å². The number of benzene rings is 1. The summed E-state index contributed by atoms with van der Waals surface area (Å²) in [4.78, 5) is 49.5. The Kier molecular flexibility index (Phi) is 7.24. The largest absolute Gasteiger partial charge is 0.351 e. The third kappa shape index (κ3) is 5.34. The van der Waals surface area contributed by atoms with Gasteiger partial charge in [-0.3, -0.25) is 24.3 Å². The molecule has 4 rings (SSSR count). The van der Waals surface area contributed by atoms with E-state index >= 15 is 0 Å². The van der Waals surface area contributed by atoms with Gasteiger partial charge < -0.3 is 5.32 Å². The first-order valence-electron chi connectivity index (χ1n) is 11.1. The van der Waals surface area contributed by atoms with Gasteiger partial charge in [0, 0.05) is 34.6 Å². The first-order chi connectivity index (χ1) is 16.0. The van der Waals surface area contributed by atoms with Gasteiger partial charge in [0.15, 0.2) is 11.8 Å². The van der Waals surface area contributed by atoms with Gasteiger partial charge in [-0.2, -0.15) is 0 Å². The second kappa shape index (κ2) is 10.5. The Morgan fingerprint density at radius 2 is 1.82 bits per heavy atom. The van der Waals surface area contributed by atoms with Crippen LogP contribution >= 0.6 is 11.3 Å². The Morgan fingerprint density at radius 1 is 1.06 bits per heavy atom. The van der Waals surface area contributed by atoms with E-state index in [0.29, 0.717) is 11.3 Å². The first kappa shape index (κ1) is 22.8. The van der Waals surface area contributed by atoms with Crippen LogP contribution in [-0.2, 0) is 4.79 Å². The summed E-state index contributed by atoms with van der Waals surface area (Å²) in [6, 6.07) is 9.67. The molecule has 7 nitrogen and oxygen atoms in total. The Bertz CT molecular complexity index is 1090. The van der Waals surface area contributed by atoms with Gasteiger partial charge in [0.25, 0.3) is 5.91 Å². The van der Waals surface area contributed by atoms with Crippen LogP contribution in [0.15, 0.2) is 60.4 Å². The number of thiophene rings is 1. The van der Waals surface area contributed by atoms with Crippen LogP contribution in [0.5, 0.6) is 0 Å². The molecule has 2 aromatic heterocycles. The third-order valence-electron chi connectivity index (χ3n) is 5.82. The van der Waals surface area contributed by atoms with Crippen molar-refractivity contribution in [2.75, 3.05) is 4.90 Å². The maximum Gasteiger partial charge on any atom is 0.279 e. The van der Waals surface area contributed by atoms with Crippen LogP contribution in [0.25, 0.3) is 0 Å². The van der Waals surface area contributed by atoms with Crippen molar-refractivity contribution in [3.05, 3.63) is 76.5 Å². The van der Waals surface area contributed by atoms with Crippen molar-refractivity contribution in [3.8, 4) is 0 Å². The minimum atomic E-state index is -0.871. The van der Waals surface area contributed by atoms with Gasteiger partial charge in [-0.15, -0.1) is 11.3 Å². The number of nitrogens with one attached hydrogen (secondary N) is 1. The standard InChI is InChI=1S/C25H26N4O3S/c1-17(30)18-9-11-20(12-10-18)29(25(32)21-16-26-13-14-27-21)23(22-8-5-15-33-22)24(31)28-19-6-3-2-4-7-19/h5,8-16,19,23H,2-4,6-7H2,1H3,(H,28,31)/t23-/m1/s1. The monoisotopic (exact) mass is 462 g/mol. The highest BCUT2D eigenvalue weighted by Crippen LogP contribution is 2.32. The molecular formula is C25H26N4O3S. The van der Waals surface area contributed by atoms with Gasteiger partial charge in [-0.1, -0.05) is 25.3 Å². The molecule has 0 saturated heterocycles. The van der Waals surface area contributed by atoms with Crippen molar-refractivity contribution in [2.24, 2.45) is 0 Å². The van der Waals surface area contributed by atoms with Crippen molar-refractivity contribution >= 4 is 34.6 Å².